The highest BCUT2D eigenvalue weighted by atomic mass is 16.3. The number of hydrogen-bond donors (Lipinski definition) is 2. The summed E-state index contributed by atoms with van der Waals surface area (Å²) in [6.07, 6.45) is -0.460. The van der Waals surface area contributed by atoms with Crippen LogP contribution in [0.1, 0.15) is 27.7 Å². The smallest absolute Gasteiger partial charge is 0.163 e. The van der Waals surface area contributed by atoms with E-state index in [1.807, 2.05) is 0 Å². The van der Waals surface area contributed by atoms with E-state index in [1.54, 1.807) is 0 Å². The van der Waals surface area contributed by atoms with Gasteiger partial charge >= 0.3 is 0 Å². The van der Waals surface area contributed by atoms with Crippen LogP contribution in [0.5, 0.6) is 0 Å². The van der Waals surface area contributed by atoms with Crippen molar-refractivity contribution in [2.24, 2.45) is 5.41 Å². The first-order chi connectivity index (χ1) is 5.42. The van der Waals surface area contributed by atoms with Crippen molar-refractivity contribution < 1.29 is 5.11 Å². The lowest BCUT2D eigenvalue weighted by Gasteiger charge is -2.44. The molecular formula is C9H20N2O. The van der Waals surface area contributed by atoms with Gasteiger partial charge in [0.25, 0.3) is 0 Å². The van der Waals surface area contributed by atoms with Gasteiger partial charge in [0.1, 0.15) is 0 Å². The largest absolute Gasteiger partial charge is 0.365 e. The van der Waals surface area contributed by atoms with Gasteiger partial charge in [-0.15, -0.1) is 0 Å². The van der Waals surface area contributed by atoms with Crippen LogP contribution in [0.15, 0.2) is 0 Å². The Morgan fingerprint density at radius 2 is 2.08 bits per heavy atom. The molecule has 1 rings (SSSR count). The first-order valence-electron chi connectivity index (χ1n) is 4.59. The van der Waals surface area contributed by atoms with Crippen LogP contribution in [0.25, 0.3) is 0 Å². The molecule has 0 aromatic rings. The maximum absolute atomic E-state index is 9.59. The van der Waals surface area contributed by atoms with Gasteiger partial charge in [-0.3, -0.25) is 10.2 Å². The molecule has 0 aliphatic carbocycles. The highest BCUT2D eigenvalue weighted by molar-refractivity contribution is 4.83. The SMILES string of the molecule is CC(C)N1CC(C)(C)CNC1O. The summed E-state index contributed by atoms with van der Waals surface area (Å²) in [4.78, 5) is 2.07. The summed E-state index contributed by atoms with van der Waals surface area (Å²) in [6, 6.07) is 0.395. The van der Waals surface area contributed by atoms with Crippen molar-refractivity contribution in [1.29, 1.82) is 0 Å². The van der Waals surface area contributed by atoms with E-state index >= 15 is 0 Å². The lowest BCUT2D eigenvalue weighted by atomic mass is 9.90. The Kier molecular flexibility index (Phi) is 2.76. The minimum Gasteiger partial charge on any atom is -0.365 e. The number of rotatable bonds is 1. The molecule has 1 aliphatic rings. The number of aliphatic hydroxyl groups is 1. The highest BCUT2D eigenvalue weighted by Crippen LogP contribution is 2.22. The molecule has 1 saturated heterocycles. The molecule has 1 unspecified atom stereocenters. The van der Waals surface area contributed by atoms with E-state index in [2.05, 4.69) is 37.9 Å². The Bertz CT molecular complexity index is 157. The van der Waals surface area contributed by atoms with Gasteiger partial charge in [-0.2, -0.15) is 0 Å². The fourth-order valence-corrected chi connectivity index (χ4v) is 1.59. The molecule has 0 aromatic heterocycles. The minimum atomic E-state index is -0.460. The molecule has 1 atom stereocenters. The topological polar surface area (TPSA) is 35.5 Å². The van der Waals surface area contributed by atoms with Gasteiger partial charge < -0.3 is 5.11 Å². The molecular weight excluding hydrogens is 152 g/mol. The van der Waals surface area contributed by atoms with Gasteiger partial charge in [0.15, 0.2) is 6.35 Å². The molecule has 0 radical (unpaired) electrons. The van der Waals surface area contributed by atoms with E-state index in [0.717, 1.165) is 13.1 Å². The standard InChI is InChI=1S/C9H20N2O/c1-7(2)11-6-9(3,4)5-10-8(11)12/h7-8,10,12H,5-6H2,1-4H3. The number of nitrogens with one attached hydrogen (secondary N) is 1. The fourth-order valence-electron chi connectivity index (χ4n) is 1.59. The van der Waals surface area contributed by atoms with Gasteiger partial charge in [-0.1, -0.05) is 13.8 Å². The van der Waals surface area contributed by atoms with Crippen LogP contribution in [-0.4, -0.2) is 35.5 Å². The van der Waals surface area contributed by atoms with Crippen LogP contribution < -0.4 is 5.32 Å². The zero-order valence-corrected chi connectivity index (χ0v) is 8.46. The normalized spacial score (nSPS) is 31.0. The van der Waals surface area contributed by atoms with Crippen LogP contribution >= 0.6 is 0 Å². The van der Waals surface area contributed by atoms with Crippen molar-refractivity contribution in [2.75, 3.05) is 13.1 Å². The molecule has 1 heterocycles. The number of nitrogens with zero attached hydrogens (tertiary/aromatic N) is 1. The molecule has 0 bridgehead atoms. The van der Waals surface area contributed by atoms with Crippen molar-refractivity contribution in [1.82, 2.24) is 10.2 Å². The molecule has 0 spiro atoms. The zero-order valence-electron chi connectivity index (χ0n) is 8.46. The Balaban J connectivity index is 2.59. The summed E-state index contributed by atoms with van der Waals surface area (Å²) in [5.74, 6) is 0. The second-order valence-electron chi connectivity index (χ2n) is 4.68. The van der Waals surface area contributed by atoms with Crippen LogP contribution in [0.4, 0.5) is 0 Å². The first kappa shape index (κ1) is 9.96. The van der Waals surface area contributed by atoms with E-state index in [4.69, 9.17) is 0 Å². The molecule has 1 fully saturated rings. The number of aliphatic hydroxyl groups excluding tert-OH is 1. The Labute approximate surface area is 74.8 Å². The van der Waals surface area contributed by atoms with Crippen LogP contribution in [0.2, 0.25) is 0 Å². The summed E-state index contributed by atoms with van der Waals surface area (Å²) in [5.41, 5.74) is 0.267. The van der Waals surface area contributed by atoms with E-state index in [-0.39, 0.29) is 5.41 Å². The monoisotopic (exact) mass is 172 g/mol. The second kappa shape index (κ2) is 3.32. The van der Waals surface area contributed by atoms with Gasteiger partial charge in [-0.05, 0) is 19.3 Å². The van der Waals surface area contributed by atoms with Crippen molar-refractivity contribution >= 4 is 0 Å². The van der Waals surface area contributed by atoms with Gasteiger partial charge in [0, 0.05) is 19.1 Å². The molecule has 3 heteroatoms. The Morgan fingerprint density at radius 3 is 2.50 bits per heavy atom. The quantitative estimate of drug-likeness (QED) is 0.608. The summed E-state index contributed by atoms with van der Waals surface area (Å²) < 4.78 is 0. The van der Waals surface area contributed by atoms with Crippen molar-refractivity contribution in [3.8, 4) is 0 Å². The molecule has 0 saturated carbocycles. The molecule has 2 N–H and O–H groups in total. The van der Waals surface area contributed by atoms with Gasteiger partial charge in [-0.25, -0.2) is 0 Å². The van der Waals surface area contributed by atoms with Crippen molar-refractivity contribution in [2.45, 2.75) is 40.1 Å². The van der Waals surface area contributed by atoms with Crippen LogP contribution in [-0.2, 0) is 0 Å². The third kappa shape index (κ3) is 2.19. The maximum Gasteiger partial charge on any atom is 0.163 e. The summed E-state index contributed by atoms with van der Waals surface area (Å²) >= 11 is 0. The Morgan fingerprint density at radius 1 is 1.50 bits per heavy atom. The highest BCUT2D eigenvalue weighted by Gasteiger charge is 2.32. The third-order valence-corrected chi connectivity index (χ3v) is 2.35. The maximum atomic E-state index is 9.59. The van der Waals surface area contributed by atoms with E-state index in [9.17, 15) is 5.11 Å². The lowest BCUT2D eigenvalue weighted by molar-refractivity contribution is -0.0907. The average Bonchev–Trinajstić information content (AvgIpc) is 1.94. The predicted octanol–water partition coefficient (Wildman–Crippen LogP) is 0.602. The van der Waals surface area contributed by atoms with E-state index in [0.29, 0.717) is 6.04 Å². The summed E-state index contributed by atoms with van der Waals surface area (Å²) in [6.45, 7) is 10.5. The van der Waals surface area contributed by atoms with Gasteiger partial charge in [0.05, 0.1) is 0 Å². The molecule has 0 aromatic carbocycles. The summed E-state index contributed by atoms with van der Waals surface area (Å²) in [5, 5.41) is 12.7. The van der Waals surface area contributed by atoms with E-state index < -0.39 is 6.35 Å². The molecule has 0 amide bonds. The lowest BCUT2D eigenvalue weighted by Crippen LogP contribution is -2.60. The van der Waals surface area contributed by atoms with Gasteiger partial charge in [0.2, 0.25) is 0 Å². The van der Waals surface area contributed by atoms with E-state index in [1.165, 1.54) is 0 Å². The van der Waals surface area contributed by atoms with Crippen molar-refractivity contribution in [3.63, 3.8) is 0 Å². The minimum absolute atomic E-state index is 0.267. The third-order valence-electron chi connectivity index (χ3n) is 2.35. The molecule has 1 aliphatic heterocycles. The molecule has 72 valence electrons. The predicted molar refractivity (Wildman–Crippen MR) is 49.6 cm³/mol. The van der Waals surface area contributed by atoms with Crippen LogP contribution in [0, 0.1) is 5.41 Å². The average molecular weight is 172 g/mol. The fraction of sp³-hybridized carbons (Fsp3) is 1.00. The summed E-state index contributed by atoms with van der Waals surface area (Å²) in [7, 11) is 0. The van der Waals surface area contributed by atoms with Crippen molar-refractivity contribution in [3.05, 3.63) is 0 Å². The zero-order chi connectivity index (χ0) is 9.35. The molecule has 12 heavy (non-hydrogen) atoms. The number of hydrogen-bond acceptors (Lipinski definition) is 3. The molecule has 3 nitrogen and oxygen atoms in total. The second-order valence-corrected chi connectivity index (χ2v) is 4.68. The van der Waals surface area contributed by atoms with Crippen LogP contribution in [0.3, 0.4) is 0 Å². The Hall–Kier alpha value is -0.120. The first-order valence-corrected chi connectivity index (χ1v) is 4.59.